The number of piperidine rings is 1. The lowest BCUT2D eigenvalue weighted by atomic mass is 9.96. The summed E-state index contributed by atoms with van der Waals surface area (Å²) in [7, 11) is -3.56. The van der Waals surface area contributed by atoms with Crippen molar-refractivity contribution in [1.82, 2.24) is 10.3 Å². The number of para-hydroxylation sites is 2. The Morgan fingerprint density at radius 1 is 1.21 bits per heavy atom. The van der Waals surface area contributed by atoms with Crippen LogP contribution in [0.4, 0.5) is 17.4 Å². The van der Waals surface area contributed by atoms with E-state index in [0.717, 1.165) is 23.4 Å². The first-order chi connectivity index (χ1) is 16.2. The van der Waals surface area contributed by atoms with Crippen LogP contribution in [-0.2, 0) is 14.6 Å². The SMILES string of the molecule is CS(=O)(=O)c1ccc(NCCNC(=O)C2CCN(c3nc4ccccc4o3)CC2)c([N+](=O)[O-])c1. The van der Waals surface area contributed by atoms with Crippen LogP contribution in [0.5, 0.6) is 0 Å². The third kappa shape index (κ3) is 5.28. The number of aromatic nitrogens is 1. The van der Waals surface area contributed by atoms with E-state index in [9.17, 15) is 23.3 Å². The zero-order valence-electron chi connectivity index (χ0n) is 18.6. The van der Waals surface area contributed by atoms with Crippen molar-refractivity contribution in [3.8, 4) is 0 Å². The normalized spacial score (nSPS) is 14.8. The molecule has 1 aromatic heterocycles. The maximum absolute atomic E-state index is 12.6. The molecule has 1 aliphatic rings. The summed E-state index contributed by atoms with van der Waals surface area (Å²) in [4.78, 5) is 29.6. The van der Waals surface area contributed by atoms with Gasteiger partial charge in [0, 0.05) is 44.4 Å². The van der Waals surface area contributed by atoms with Gasteiger partial charge in [0.25, 0.3) is 11.7 Å². The van der Waals surface area contributed by atoms with Crippen molar-refractivity contribution in [3.05, 3.63) is 52.6 Å². The van der Waals surface area contributed by atoms with Crippen LogP contribution in [-0.4, -0.2) is 56.7 Å². The fourth-order valence-electron chi connectivity index (χ4n) is 3.90. The maximum Gasteiger partial charge on any atom is 0.298 e. The third-order valence-corrected chi connectivity index (χ3v) is 6.86. The second kappa shape index (κ2) is 9.67. The number of anilines is 2. The quantitative estimate of drug-likeness (QED) is 0.278. The van der Waals surface area contributed by atoms with E-state index >= 15 is 0 Å². The van der Waals surface area contributed by atoms with Gasteiger partial charge >= 0.3 is 0 Å². The minimum atomic E-state index is -3.56. The number of benzene rings is 2. The number of nitrogens with zero attached hydrogens (tertiary/aromatic N) is 3. The lowest BCUT2D eigenvalue weighted by Crippen LogP contribution is -2.41. The number of hydrogen-bond donors (Lipinski definition) is 2. The summed E-state index contributed by atoms with van der Waals surface area (Å²) in [6, 6.07) is 11.8. The molecule has 4 rings (SSSR count). The smallest absolute Gasteiger partial charge is 0.298 e. The van der Waals surface area contributed by atoms with E-state index in [1.165, 1.54) is 12.1 Å². The second-order valence-corrected chi connectivity index (χ2v) is 10.2. The predicted octanol–water partition coefficient (Wildman–Crippen LogP) is 2.58. The molecule has 1 aliphatic heterocycles. The van der Waals surface area contributed by atoms with Crippen LogP contribution in [0.25, 0.3) is 11.1 Å². The van der Waals surface area contributed by atoms with Crippen LogP contribution >= 0.6 is 0 Å². The first kappa shape index (κ1) is 23.5. The average molecular weight is 488 g/mol. The molecule has 0 unspecified atom stereocenters. The molecule has 0 aliphatic carbocycles. The molecule has 2 aromatic carbocycles. The molecule has 34 heavy (non-hydrogen) atoms. The predicted molar refractivity (Wildman–Crippen MR) is 127 cm³/mol. The number of fused-ring (bicyclic) bond motifs is 1. The number of amides is 1. The first-order valence-corrected chi connectivity index (χ1v) is 12.7. The summed E-state index contributed by atoms with van der Waals surface area (Å²) in [6.07, 6.45) is 2.32. The van der Waals surface area contributed by atoms with Gasteiger partial charge in [-0.1, -0.05) is 12.1 Å². The Balaban J connectivity index is 1.25. The summed E-state index contributed by atoms with van der Waals surface area (Å²) < 4.78 is 29.1. The number of sulfone groups is 1. The van der Waals surface area contributed by atoms with Gasteiger partial charge in [0.1, 0.15) is 11.2 Å². The van der Waals surface area contributed by atoms with Crippen molar-refractivity contribution in [1.29, 1.82) is 0 Å². The van der Waals surface area contributed by atoms with Crippen molar-refractivity contribution >= 4 is 44.2 Å². The van der Waals surface area contributed by atoms with E-state index in [-0.39, 0.29) is 41.2 Å². The van der Waals surface area contributed by atoms with Crippen LogP contribution in [0.1, 0.15) is 12.8 Å². The molecule has 3 aromatic rings. The topological polar surface area (TPSA) is 148 Å². The molecule has 1 fully saturated rings. The van der Waals surface area contributed by atoms with Crippen LogP contribution in [0.15, 0.2) is 51.8 Å². The molecule has 11 nitrogen and oxygen atoms in total. The van der Waals surface area contributed by atoms with E-state index < -0.39 is 14.8 Å². The Morgan fingerprint density at radius 3 is 2.62 bits per heavy atom. The Bertz CT molecular complexity index is 1280. The number of nitro benzene ring substituents is 1. The van der Waals surface area contributed by atoms with Crippen molar-refractivity contribution in [3.63, 3.8) is 0 Å². The Morgan fingerprint density at radius 2 is 1.94 bits per heavy atom. The van der Waals surface area contributed by atoms with Gasteiger partial charge in [-0.2, -0.15) is 4.98 Å². The lowest BCUT2D eigenvalue weighted by molar-refractivity contribution is -0.384. The summed E-state index contributed by atoms with van der Waals surface area (Å²) in [5.41, 5.74) is 1.39. The molecule has 12 heteroatoms. The molecule has 0 saturated carbocycles. The van der Waals surface area contributed by atoms with Crippen molar-refractivity contribution in [2.45, 2.75) is 17.7 Å². The van der Waals surface area contributed by atoms with Crippen LogP contribution in [0.2, 0.25) is 0 Å². The first-order valence-electron chi connectivity index (χ1n) is 10.8. The van der Waals surface area contributed by atoms with Gasteiger partial charge in [0.2, 0.25) is 5.91 Å². The van der Waals surface area contributed by atoms with Crippen molar-refractivity contribution < 1.29 is 22.6 Å². The number of oxazole rings is 1. The van der Waals surface area contributed by atoms with Crippen LogP contribution < -0.4 is 15.5 Å². The van der Waals surface area contributed by atoms with E-state index in [1.807, 2.05) is 29.2 Å². The van der Waals surface area contributed by atoms with Gasteiger partial charge in [-0.15, -0.1) is 0 Å². The minimum Gasteiger partial charge on any atom is -0.423 e. The number of nitro groups is 1. The lowest BCUT2D eigenvalue weighted by Gasteiger charge is -2.30. The van der Waals surface area contributed by atoms with Crippen molar-refractivity contribution in [2.75, 3.05) is 42.7 Å². The summed E-state index contributed by atoms with van der Waals surface area (Å²) >= 11 is 0. The standard InChI is InChI=1S/C22H25N5O6S/c1-34(31,32)16-6-7-17(19(14-16)27(29)30)23-10-11-24-21(28)15-8-12-26(13-9-15)22-25-18-4-2-3-5-20(18)33-22/h2-7,14-15,23H,8-13H2,1H3,(H,24,28). The Kier molecular flexibility index (Phi) is 6.68. The molecular weight excluding hydrogens is 462 g/mol. The Labute approximate surface area is 196 Å². The molecule has 0 spiro atoms. The summed E-state index contributed by atoms with van der Waals surface area (Å²) in [5, 5.41) is 17.1. The highest BCUT2D eigenvalue weighted by Crippen LogP contribution is 2.28. The van der Waals surface area contributed by atoms with Crippen LogP contribution in [0.3, 0.4) is 0 Å². The van der Waals surface area contributed by atoms with Gasteiger partial charge in [-0.05, 0) is 37.1 Å². The average Bonchev–Trinajstić information content (AvgIpc) is 3.25. The molecule has 2 heterocycles. The minimum absolute atomic E-state index is 0.0686. The Hall–Kier alpha value is -3.67. The number of hydrogen-bond acceptors (Lipinski definition) is 9. The number of nitrogens with one attached hydrogen (secondary N) is 2. The van der Waals surface area contributed by atoms with Gasteiger partial charge in [0.05, 0.1) is 9.82 Å². The molecule has 0 radical (unpaired) electrons. The molecule has 1 saturated heterocycles. The molecule has 180 valence electrons. The van der Waals surface area contributed by atoms with Gasteiger partial charge in [-0.25, -0.2) is 8.42 Å². The van der Waals surface area contributed by atoms with Crippen molar-refractivity contribution in [2.24, 2.45) is 5.92 Å². The number of carbonyl (C=O) groups is 1. The van der Waals surface area contributed by atoms with Gasteiger partial charge in [0.15, 0.2) is 15.4 Å². The van der Waals surface area contributed by atoms with E-state index in [0.29, 0.717) is 31.9 Å². The fourth-order valence-corrected chi connectivity index (χ4v) is 4.54. The van der Waals surface area contributed by atoms with Gasteiger partial charge in [-0.3, -0.25) is 14.9 Å². The molecule has 0 atom stereocenters. The number of rotatable bonds is 8. The number of carbonyl (C=O) groups excluding carboxylic acids is 1. The molecule has 1 amide bonds. The fraction of sp³-hybridized carbons (Fsp3) is 0.364. The monoisotopic (exact) mass is 487 g/mol. The summed E-state index contributed by atoms with van der Waals surface area (Å²) in [6.45, 7) is 1.84. The maximum atomic E-state index is 12.6. The summed E-state index contributed by atoms with van der Waals surface area (Å²) in [5.74, 6) is -0.204. The molecule has 2 N–H and O–H groups in total. The van der Waals surface area contributed by atoms with Gasteiger partial charge < -0.3 is 20.0 Å². The highest BCUT2D eigenvalue weighted by Gasteiger charge is 2.27. The van der Waals surface area contributed by atoms with E-state index in [2.05, 4.69) is 15.6 Å². The van der Waals surface area contributed by atoms with E-state index in [1.54, 1.807) is 0 Å². The molecular formula is C22H25N5O6S. The largest absolute Gasteiger partial charge is 0.423 e. The van der Waals surface area contributed by atoms with Crippen LogP contribution in [0, 0.1) is 16.0 Å². The zero-order valence-corrected chi connectivity index (χ0v) is 19.4. The zero-order chi connectivity index (χ0) is 24.3. The highest BCUT2D eigenvalue weighted by molar-refractivity contribution is 7.90. The van der Waals surface area contributed by atoms with E-state index in [4.69, 9.17) is 4.42 Å². The second-order valence-electron chi connectivity index (χ2n) is 8.15. The molecule has 0 bridgehead atoms. The third-order valence-electron chi connectivity index (χ3n) is 5.75. The highest BCUT2D eigenvalue weighted by atomic mass is 32.2.